The van der Waals surface area contributed by atoms with E-state index in [9.17, 15) is 22.8 Å². The van der Waals surface area contributed by atoms with Gasteiger partial charge in [-0.15, -0.1) is 0 Å². The van der Waals surface area contributed by atoms with Crippen molar-refractivity contribution in [1.29, 1.82) is 5.26 Å². The van der Waals surface area contributed by atoms with Gasteiger partial charge in [0.05, 0.1) is 18.2 Å². The monoisotopic (exact) mass is 468 g/mol. The number of rotatable bonds is 5. The fourth-order valence-corrected chi connectivity index (χ4v) is 4.57. The summed E-state index contributed by atoms with van der Waals surface area (Å²) >= 11 is 0. The molecule has 0 spiro atoms. The summed E-state index contributed by atoms with van der Waals surface area (Å²) in [6.07, 6.45) is 4.42. The summed E-state index contributed by atoms with van der Waals surface area (Å²) in [5.74, 6) is -0.914. The molecule has 3 fully saturated rings. The fraction of sp³-hybridized carbons (Fsp3) is 0.727. The predicted octanol–water partition coefficient (Wildman–Crippen LogP) is 3.59. The Kier molecular flexibility index (Phi) is 8.35. The summed E-state index contributed by atoms with van der Waals surface area (Å²) in [7, 11) is 0. The summed E-state index contributed by atoms with van der Waals surface area (Å²) in [4.78, 5) is 24.4. The van der Waals surface area contributed by atoms with Gasteiger partial charge in [0.25, 0.3) is 5.91 Å². The number of alkyl halides is 3. The van der Waals surface area contributed by atoms with Crippen LogP contribution in [-0.2, 0) is 4.79 Å². The Balaban J connectivity index is 0.000000194. The number of piperidine rings is 1. The summed E-state index contributed by atoms with van der Waals surface area (Å²) in [5.41, 5.74) is 5.28. The molecule has 0 unspecified atom stereocenters. The molecule has 1 aromatic heterocycles. The Morgan fingerprint density at radius 1 is 1.15 bits per heavy atom. The third-order valence-corrected chi connectivity index (χ3v) is 6.81. The molecule has 3 aliphatic rings. The second-order valence-electron chi connectivity index (χ2n) is 9.18. The van der Waals surface area contributed by atoms with Gasteiger partial charge in [-0.2, -0.15) is 23.5 Å². The summed E-state index contributed by atoms with van der Waals surface area (Å²) in [6.45, 7) is 1.16. The minimum atomic E-state index is -4.02. The Morgan fingerprint density at radius 2 is 1.79 bits per heavy atom. The molecule has 2 amide bonds. The lowest BCUT2D eigenvalue weighted by atomic mass is 9.83. The first-order chi connectivity index (χ1) is 15.7. The zero-order valence-corrected chi connectivity index (χ0v) is 18.5. The van der Waals surface area contributed by atoms with Crippen molar-refractivity contribution in [1.82, 2.24) is 15.1 Å². The maximum absolute atomic E-state index is 12.6. The highest BCUT2D eigenvalue weighted by molar-refractivity contribution is 6.02. The van der Waals surface area contributed by atoms with Crippen molar-refractivity contribution < 1.29 is 22.8 Å². The van der Waals surface area contributed by atoms with Crippen LogP contribution in [0.25, 0.3) is 0 Å². The molecule has 4 N–H and O–H groups in total. The zero-order valence-electron chi connectivity index (χ0n) is 18.5. The molecule has 2 saturated carbocycles. The molecule has 2 heterocycles. The Morgan fingerprint density at radius 3 is 2.30 bits per heavy atom. The van der Waals surface area contributed by atoms with E-state index in [0.717, 1.165) is 38.5 Å². The van der Waals surface area contributed by atoms with E-state index in [1.54, 1.807) is 0 Å². The predicted molar refractivity (Wildman–Crippen MR) is 115 cm³/mol. The van der Waals surface area contributed by atoms with E-state index in [-0.39, 0.29) is 36.0 Å². The van der Waals surface area contributed by atoms with E-state index in [1.165, 1.54) is 6.20 Å². The van der Waals surface area contributed by atoms with E-state index >= 15 is 0 Å². The topological polar surface area (TPSA) is 128 Å². The number of anilines is 1. The molecule has 0 radical (unpaired) electrons. The number of aromatic amines is 1. The molecular weight excluding hydrogens is 437 g/mol. The molecule has 1 aromatic rings. The van der Waals surface area contributed by atoms with Crippen LogP contribution in [0, 0.1) is 29.1 Å². The van der Waals surface area contributed by atoms with E-state index in [1.807, 2.05) is 0 Å². The number of likely N-dealkylation sites (tertiary alicyclic amines) is 1. The lowest BCUT2D eigenvalue weighted by molar-refractivity contribution is -0.186. The third kappa shape index (κ3) is 7.19. The Labute approximate surface area is 191 Å². The van der Waals surface area contributed by atoms with Crippen molar-refractivity contribution in [2.45, 2.75) is 70.0 Å². The minimum Gasteiger partial charge on any atom is -0.365 e. The van der Waals surface area contributed by atoms with Gasteiger partial charge < -0.3 is 16.0 Å². The summed E-state index contributed by atoms with van der Waals surface area (Å²) in [5, 5.41) is 17.4. The van der Waals surface area contributed by atoms with Crippen LogP contribution < -0.4 is 11.1 Å². The smallest absolute Gasteiger partial charge is 0.365 e. The molecule has 11 heteroatoms. The van der Waals surface area contributed by atoms with Gasteiger partial charge in [-0.05, 0) is 70.4 Å². The highest BCUT2D eigenvalue weighted by Gasteiger charge is 2.42. The van der Waals surface area contributed by atoms with E-state index in [4.69, 9.17) is 11.0 Å². The van der Waals surface area contributed by atoms with Gasteiger partial charge in [0.15, 0.2) is 0 Å². The molecule has 0 bridgehead atoms. The minimum absolute atomic E-state index is 0.0824. The molecule has 1 saturated heterocycles. The van der Waals surface area contributed by atoms with E-state index in [0.29, 0.717) is 31.5 Å². The number of aromatic nitrogens is 2. The number of carbonyl (C=O) groups is 2. The molecular formula is C22H31F3N6O2. The van der Waals surface area contributed by atoms with Gasteiger partial charge in [-0.3, -0.25) is 14.7 Å². The molecule has 2 aliphatic carbocycles. The number of hydrogen-bond donors (Lipinski definition) is 3. The lowest BCUT2D eigenvalue weighted by Gasteiger charge is -2.40. The van der Waals surface area contributed by atoms with Crippen LogP contribution in [0.4, 0.5) is 19.0 Å². The van der Waals surface area contributed by atoms with Crippen LogP contribution >= 0.6 is 0 Å². The number of primary amides is 1. The van der Waals surface area contributed by atoms with Gasteiger partial charge in [0, 0.05) is 18.4 Å². The van der Waals surface area contributed by atoms with Gasteiger partial charge in [0.2, 0.25) is 5.91 Å². The number of nitriles is 1. The number of carbonyl (C=O) groups excluding carboxylic acids is 2. The maximum Gasteiger partial charge on any atom is 0.391 e. The van der Waals surface area contributed by atoms with Crippen LogP contribution in [0.5, 0.6) is 0 Å². The van der Waals surface area contributed by atoms with Crippen LogP contribution in [0.15, 0.2) is 6.20 Å². The van der Waals surface area contributed by atoms with Crippen molar-refractivity contribution in [3.05, 3.63) is 11.8 Å². The first kappa shape index (κ1) is 25.0. The summed E-state index contributed by atoms with van der Waals surface area (Å²) < 4.78 is 37.8. The molecule has 0 atom stereocenters. The highest BCUT2D eigenvalue weighted by Crippen LogP contribution is 2.37. The summed E-state index contributed by atoms with van der Waals surface area (Å²) in [6, 6.07) is 2.66. The van der Waals surface area contributed by atoms with Gasteiger partial charge in [0.1, 0.15) is 11.4 Å². The molecule has 0 aromatic carbocycles. The van der Waals surface area contributed by atoms with Gasteiger partial charge >= 0.3 is 6.18 Å². The molecule has 4 rings (SSSR count). The van der Waals surface area contributed by atoms with Crippen molar-refractivity contribution in [3.63, 3.8) is 0 Å². The fourth-order valence-electron chi connectivity index (χ4n) is 4.57. The van der Waals surface area contributed by atoms with Crippen molar-refractivity contribution in [2.24, 2.45) is 23.5 Å². The van der Waals surface area contributed by atoms with Crippen LogP contribution in [0.3, 0.4) is 0 Å². The average Bonchev–Trinajstić information content (AvgIpc) is 3.53. The standard InChI is InChI=1S/C14H21F3N2.C8H10N4O2/c15-14(16,17)12-6-9-19(10-7-12)13-3-1-11(2-4-13)5-8-18;9-6(13)5-3-10-12-7(5)11-8(14)4-1-2-4/h11-13H,1-7,9-10H2;3-4H,1-2H2,(H2,9,13)(H2,10,11,12,14). The number of halogens is 3. The van der Waals surface area contributed by atoms with E-state index < -0.39 is 18.0 Å². The maximum atomic E-state index is 12.6. The SMILES string of the molecule is N#CCC1CCC(N2CCC(C(F)(F)F)CC2)CC1.NC(=O)c1cn[nH]c1NC(=O)C1CC1. The number of H-pyrrole nitrogens is 1. The number of nitrogens with one attached hydrogen (secondary N) is 2. The van der Waals surface area contributed by atoms with Crippen molar-refractivity contribution in [2.75, 3.05) is 18.4 Å². The largest absolute Gasteiger partial charge is 0.391 e. The number of hydrogen-bond acceptors (Lipinski definition) is 5. The molecule has 8 nitrogen and oxygen atoms in total. The quantitative estimate of drug-likeness (QED) is 0.608. The third-order valence-electron chi connectivity index (χ3n) is 6.81. The number of nitrogens with two attached hydrogens (primary N) is 1. The molecule has 33 heavy (non-hydrogen) atoms. The first-order valence-corrected chi connectivity index (χ1v) is 11.5. The zero-order chi connectivity index (χ0) is 24.0. The average molecular weight is 469 g/mol. The van der Waals surface area contributed by atoms with Crippen LogP contribution in [0.1, 0.15) is 68.1 Å². The molecule has 1 aliphatic heterocycles. The highest BCUT2D eigenvalue weighted by atomic mass is 19.4. The molecule has 182 valence electrons. The second kappa shape index (κ2) is 11.0. The van der Waals surface area contributed by atoms with Gasteiger partial charge in [-0.1, -0.05) is 0 Å². The number of nitrogens with zero attached hydrogens (tertiary/aromatic N) is 3. The number of amides is 2. The lowest BCUT2D eigenvalue weighted by Crippen LogP contribution is -2.45. The normalized spacial score (nSPS) is 24.3. The van der Waals surface area contributed by atoms with Crippen LogP contribution in [-0.4, -0.2) is 52.2 Å². The first-order valence-electron chi connectivity index (χ1n) is 11.5. The van der Waals surface area contributed by atoms with Gasteiger partial charge in [-0.25, -0.2) is 0 Å². The Hall–Kier alpha value is -2.61. The van der Waals surface area contributed by atoms with E-state index in [2.05, 4.69) is 26.5 Å². The second-order valence-corrected chi connectivity index (χ2v) is 9.18. The Bertz CT molecular complexity index is 845. The van der Waals surface area contributed by atoms with Crippen LogP contribution in [0.2, 0.25) is 0 Å². The van der Waals surface area contributed by atoms with Crippen molar-refractivity contribution in [3.8, 4) is 6.07 Å². The van der Waals surface area contributed by atoms with Crippen molar-refractivity contribution >= 4 is 17.6 Å².